The molecule has 7 nitrogen and oxygen atoms in total. The molecule has 11 heteroatoms. The molecule has 0 bridgehead atoms. The van der Waals surface area contributed by atoms with Gasteiger partial charge in [0.25, 0.3) is 0 Å². The number of aromatic nitrogens is 4. The Labute approximate surface area is 192 Å². The molecular weight excluding hydrogens is 469 g/mol. The van der Waals surface area contributed by atoms with Crippen LogP contribution >= 0.6 is 46.6 Å². The summed E-state index contributed by atoms with van der Waals surface area (Å²) in [4.78, 5) is 16.2. The van der Waals surface area contributed by atoms with Crippen LogP contribution in [0.2, 0.25) is 15.1 Å². The lowest BCUT2D eigenvalue weighted by atomic mass is 10.3. The number of halogens is 3. The largest absolute Gasteiger partial charge is 0.484 e. The second-order valence-corrected chi connectivity index (χ2v) is 8.08. The highest BCUT2D eigenvalue weighted by atomic mass is 35.5. The van der Waals surface area contributed by atoms with E-state index in [-0.39, 0.29) is 18.3 Å². The molecule has 156 valence electrons. The van der Waals surface area contributed by atoms with Crippen LogP contribution in [0.25, 0.3) is 0 Å². The van der Waals surface area contributed by atoms with Crippen LogP contribution in [0.1, 0.15) is 5.82 Å². The summed E-state index contributed by atoms with van der Waals surface area (Å²) < 4.78 is 7.55. The number of anilines is 1. The smallest absolute Gasteiger partial charge is 0.236 e. The highest BCUT2D eigenvalue weighted by Crippen LogP contribution is 2.28. The monoisotopic (exact) mass is 483 g/mol. The number of allylic oxidation sites excluding steroid dienone is 1. The standard InChI is InChI=1S/C19H16Cl3N5O2S/c1-2-7-27-17(10-29-15-5-3-12(20)8-14(15)22)25-26-19(27)30-11-18(28)24-16-6-4-13(21)9-23-16/h2-6,8-9H,1,7,10-11H2,(H,23,24,28). The maximum atomic E-state index is 12.2. The normalized spacial score (nSPS) is 10.6. The van der Waals surface area contributed by atoms with E-state index in [0.29, 0.717) is 44.2 Å². The maximum Gasteiger partial charge on any atom is 0.236 e. The van der Waals surface area contributed by atoms with Crippen LogP contribution in [-0.4, -0.2) is 31.4 Å². The van der Waals surface area contributed by atoms with Crippen molar-refractivity contribution >= 4 is 58.3 Å². The number of pyridine rings is 1. The molecule has 0 radical (unpaired) electrons. The van der Waals surface area contributed by atoms with Gasteiger partial charge in [0, 0.05) is 17.8 Å². The van der Waals surface area contributed by atoms with Gasteiger partial charge in [-0.1, -0.05) is 52.6 Å². The molecule has 0 aliphatic heterocycles. The van der Waals surface area contributed by atoms with Crippen molar-refractivity contribution in [1.82, 2.24) is 19.7 Å². The molecular formula is C19H16Cl3N5O2S. The SMILES string of the molecule is C=CCn1c(COc2ccc(Cl)cc2Cl)nnc1SCC(=O)Nc1ccc(Cl)cn1. The quantitative estimate of drug-likeness (QED) is 0.335. The van der Waals surface area contributed by atoms with E-state index in [0.717, 1.165) is 0 Å². The van der Waals surface area contributed by atoms with Gasteiger partial charge < -0.3 is 10.1 Å². The number of nitrogens with one attached hydrogen (secondary N) is 1. The average molecular weight is 485 g/mol. The van der Waals surface area contributed by atoms with E-state index in [1.807, 2.05) is 4.57 Å². The number of carbonyl (C=O) groups excluding carboxylic acids is 1. The fourth-order valence-electron chi connectivity index (χ4n) is 2.34. The number of hydrogen-bond acceptors (Lipinski definition) is 6. The van der Waals surface area contributed by atoms with E-state index in [2.05, 4.69) is 27.1 Å². The molecule has 2 aromatic heterocycles. The number of rotatable bonds is 9. The molecule has 0 saturated carbocycles. The van der Waals surface area contributed by atoms with E-state index >= 15 is 0 Å². The van der Waals surface area contributed by atoms with Crippen molar-refractivity contribution in [3.8, 4) is 5.75 Å². The number of thioether (sulfide) groups is 1. The van der Waals surface area contributed by atoms with Crippen LogP contribution in [0.3, 0.4) is 0 Å². The van der Waals surface area contributed by atoms with E-state index < -0.39 is 0 Å². The zero-order chi connectivity index (χ0) is 21.5. The Bertz CT molecular complexity index is 1040. The number of ether oxygens (including phenoxy) is 1. The summed E-state index contributed by atoms with van der Waals surface area (Å²) in [5.41, 5.74) is 0. The van der Waals surface area contributed by atoms with E-state index in [1.165, 1.54) is 18.0 Å². The van der Waals surface area contributed by atoms with Gasteiger partial charge in [-0.25, -0.2) is 4.98 Å². The first-order valence-corrected chi connectivity index (χ1v) is 10.7. The molecule has 0 aliphatic carbocycles. The van der Waals surface area contributed by atoms with Crippen molar-refractivity contribution in [2.24, 2.45) is 0 Å². The highest BCUT2D eigenvalue weighted by Gasteiger charge is 2.15. The summed E-state index contributed by atoms with van der Waals surface area (Å²) in [5, 5.41) is 13.0. The zero-order valence-electron chi connectivity index (χ0n) is 15.5. The van der Waals surface area contributed by atoms with Gasteiger partial charge in [0.1, 0.15) is 18.2 Å². The van der Waals surface area contributed by atoms with Crippen molar-refractivity contribution in [3.63, 3.8) is 0 Å². The number of amides is 1. The molecule has 0 atom stereocenters. The predicted molar refractivity (Wildman–Crippen MR) is 120 cm³/mol. The van der Waals surface area contributed by atoms with Crippen LogP contribution in [-0.2, 0) is 17.9 Å². The van der Waals surface area contributed by atoms with Crippen molar-refractivity contribution < 1.29 is 9.53 Å². The van der Waals surface area contributed by atoms with Crippen LogP contribution < -0.4 is 10.1 Å². The molecule has 1 aromatic carbocycles. The van der Waals surface area contributed by atoms with Crippen LogP contribution in [0.4, 0.5) is 5.82 Å². The first-order chi connectivity index (χ1) is 14.5. The Hall–Kier alpha value is -2.26. The van der Waals surface area contributed by atoms with Crippen molar-refractivity contribution in [2.45, 2.75) is 18.3 Å². The van der Waals surface area contributed by atoms with Gasteiger partial charge in [-0.3, -0.25) is 9.36 Å². The molecule has 1 N–H and O–H groups in total. The van der Waals surface area contributed by atoms with Crippen LogP contribution in [0.15, 0.2) is 54.3 Å². The molecule has 0 fully saturated rings. The lowest BCUT2D eigenvalue weighted by Gasteiger charge is -2.10. The first-order valence-electron chi connectivity index (χ1n) is 8.61. The van der Waals surface area contributed by atoms with Gasteiger partial charge in [0.05, 0.1) is 15.8 Å². The minimum atomic E-state index is -0.228. The number of hydrogen-bond donors (Lipinski definition) is 1. The third-order valence-corrected chi connectivity index (χ3v) is 5.40. The third-order valence-electron chi connectivity index (χ3n) is 3.68. The fourth-order valence-corrected chi connectivity index (χ4v) is 3.68. The number of benzene rings is 1. The van der Waals surface area contributed by atoms with E-state index in [1.54, 1.807) is 36.4 Å². The van der Waals surface area contributed by atoms with Gasteiger partial charge in [0.15, 0.2) is 11.0 Å². The Morgan fingerprint density at radius 2 is 2.00 bits per heavy atom. The summed E-state index contributed by atoms with van der Waals surface area (Å²) >= 11 is 19.1. The van der Waals surface area contributed by atoms with Crippen LogP contribution in [0, 0.1) is 0 Å². The molecule has 3 aromatic rings. The summed E-state index contributed by atoms with van der Waals surface area (Å²) in [6.45, 7) is 4.36. The molecule has 3 rings (SSSR count). The number of nitrogens with zero attached hydrogens (tertiary/aromatic N) is 4. The molecule has 30 heavy (non-hydrogen) atoms. The topological polar surface area (TPSA) is 81.9 Å². The Morgan fingerprint density at radius 1 is 1.20 bits per heavy atom. The second-order valence-electron chi connectivity index (χ2n) is 5.86. The van der Waals surface area contributed by atoms with E-state index in [9.17, 15) is 4.79 Å². The first kappa shape index (κ1) is 22.4. The molecule has 0 aliphatic rings. The van der Waals surface area contributed by atoms with Gasteiger partial charge in [-0.05, 0) is 30.3 Å². The predicted octanol–water partition coefficient (Wildman–Crippen LogP) is 5.13. The zero-order valence-corrected chi connectivity index (χ0v) is 18.6. The Kier molecular flexibility index (Phi) is 7.98. The summed E-state index contributed by atoms with van der Waals surface area (Å²) in [5.74, 6) is 1.38. The van der Waals surface area contributed by atoms with Gasteiger partial charge >= 0.3 is 0 Å². The second kappa shape index (κ2) is 10.7. The van der Waals surface area contributed by atoms with Gasteiger partial charge in [-0.15, -0.1) is 16.8 Å². The summed E-state index contributed by atoms with van der Waals surface area (Å²) in [7, 11) is 0. The summed E-state index contributed by atoms with van der Waals surface area (Å²) in [6.07, 6.45) is 3.17. The molecule has 1 amide bonds. The van der Waals surface area contributed by atoms with Crippen LogP contribution in [0.5, 0.6) is 5.75 Å². The van der Waals surface area contributed by atoms with Gasteiger partial charge in [0.2, 0.25) is 5.91 Å². The lowest BCUT2D eigenvalue weighted by Crippen LogP contribution is -2.15. The van der Waals surface area contributed by atoms with Crippen molar-refractivity contribution in [3.05, 3.63) is 70.1 Å². The Morgan fingerprint density at radius 3 is 2.70 bits per heavy atom. The lowest BCUT2D eigenvalue weighted by molar-refractivity contribution is -0.113. The molecule has 2 heterocycles. The molecule has 0 unspecified atom stereocenters. The summed E-state index contributed by atoms with van der Waals surface area (Å²) in [6, 6.07) is 8.25. The highest BCUT2D eigenvalue weighted by molar-refractivity contribution is 7.99. The minimum absolute atomic E-state index is 0.128. The Balaban J connectivity index is 1.62. The van der Waals surface area contributed by atoms with Crippen molar-refractivity contribution in [1.29, 1.82) is 0 Å². The maximum absolute atomic E-state index is 12.2. The average Bonchev–Trinajstić information content (AvgIpc) is 3.09. The molecule has 0 saturated heterocycles. The molecule has 0 spiro atoms. The number of carbonyl (C=O) groups is 1. The van der Waals surface area contributed by atoms with E-state index in [4.69, 9.17) is 39.5 Å². The minimum Gasteiger partial charge on any atom is -0.484 e. The van der Waals surface area contributed by atoms with Crippen molar-refractivity contribution in [2.75, 3.05) is 11.1 Å². The fraction of sp³-hybridized carbons (Fsp3) is 0.158. The third kappa shape index (κ3) is 6.12. The van der Waals surface area contributed by atoms with Gasteiger partial charge in [-0.2, -0.15) is 0 Å².